The SMILES string of the molecule is O=c1cc(O)nc(C2CCc3ccccc32)[nH]1. The van der Waals surface area contributed by atoms with Crippen LogP contribution in [-0.2, 0) is 6.42 Å². The van der Waals surface area contributed by atoms with Crippen LogP contribution >= 0.6 is 0 Å². The second kappa shape index (κ2) is 3.73. The lowest BCUT2D eigenvalue weighted by atomic mass is 10.0. The molecule has 0 amide bonds. The van der Waals surface area contributed by atoms with Crippen molar-refractivity contribution in [3.63, 3.8) is 0 Å². The smallest absolute Gasteiger partial charge is 0.254 e. The van der Waals surface area contributed by atoms with Crippen molar-refractivity contribution in [2.24, 2.45) is 0 Å². The summed E-state index contributed by atoms with van der Waals surface area (Å²) in [4.78, 5) is 18.0. The largest absolute Gasteiger partial charge is 0.493 e. The van der Waals surface area contributed by atoms with Crippen LogP contribution in [0.5, 0.6) is 5.88 Å². The van der Waals surface area contributed by atoms with E-state index in [-0.39, 0.29) is 17.4 Å². The van der Waals surface area contributed by atoms with Gasteiger partial charge in [-0.1, -0.05) is 24.3 Å². The molecule has 3 rings (SSSR count). The Labute approximate surface area is 98.0 Å². The highest BCUT2D eigenvalue weighted by molar-refractivity contribution is 5.38. The number of benzene rings is 1. The summed E-state index contributed by atoms with van der Waals surface area (Å²) in [5, 5.41) is 9.37. The third-order valence-electron chi connectivity index (χ3n) is 3.21. The molecule has 1 aliphatic carbocycles. The Kier molecular flexibility index (Phi) is 2.21. The number of aryl methyl sites for hydroxylation is 1. The fourth-order valence-corrected chi connectivity index (χ4v) is 2.47. The predicted octanol–water partition coefficient (Wildman–Crippen LogP) is 1.55. The Hall–Kier alpha value is -2.10. The third kappa shape index (κ3) is 1.71. The van der Waals surface area contributed by atoms with Gasteiger partial charge in [-0.2, -0.15) is 4.98 Å². The first-order valence-electron chi connectivity index (χ1n) is 5.62. The number of rotatable bonds is 1. The zero-order valence-corrected chi connectivity index (χ0v) is 9.18. The van der Waals surface area contributed by atoms with Crippen LogP contribution < -0.4 is 5.56 Å². The van der Waals surface area contributed by atoms with Gasteiger partial charge < -0.3 is 10.1 Å². The molecule has 4 heteroatoms. The first kappa shape index (κ1) is 10.1. The Morgan fingerprint density at radius 2 is 2.18 bits per heavy atom. The van der Waals surface area contributed by atoms with Crippen molar-refractivity contribution in [3.8, 4) is 5.88 Å². The molecule has 0 spiro atoms. The lowest BCUT2D eigenvalue weighted by Crippen LogP contribution is -2.12. The maximum Gasteiger partial charge on any atom is 0.254 e. The normalized spacial score (nSPS) is 18.0. The summed E-state index contributed by atoms with van der Waals surface area (Å²) in [6, 6.07) is 9.23. The molecule has 0 saturated heterocycles. The molecule has 0 radical (unpaired) electrons. The van der Waals surface area contributed by atoms with Crippen LogP contribution in [-0.4, -0.2) is 15.1 Å². The summed E-state index contributed by atoms with van der Waals surface area (Å²) in [5.74, 6) is 0.430. The molecule has 2 N–H and O–H groups in total. The van der Waals surface area contributed by atoms with E-state index in [2.05, 4.69) is 22.1 Å². The van der Waals surface area contributed by atoms with Crippen molar-refractivity contribution >= 4 is 0 Å². The van der Waals surface area contributed by atoms with Crippen molar-refractivity contribution in [1.82, 2.24) is 9.97 Å². The van der Waals surface area contributed by atoms with E-state index in [1.807, 2.05) is 12.1 Å². The minimum absolute atomic E-state index is 0.0889. The van der Waals surface area contributed by atoms with E-state index in [9.17, 15) is 9.90 Å². The highest BCUT2D eigenvalue weighted by Gasteiger charge is 2.25. The monoisotopic (exact) mass is 228 g/mol. The molecule has 1 atom stereocenters. The maximum absolute atomic E-state index is 11.3. The van der Waals surface area contributed by atoms with E-state index >= 15 is 0 Å². The van der Waals surface area contributed by atoms with E-state index < -0.39 is 0 Å². The zero-order chi connectivity index (χ0) is 11.8. The molecule has 0 saturated carbocycles. The average molecular weight is 228 g/mol. The fourth-order valence-electron chi connectivity index (χ4n) is 2.47. The van der Waals surface area contributed by atoms with Gasteiger partial charge in [-0.3, -0.25) is 4.79 Å². The molecule has 4 nitrogen and oxygen atoms in total. The summed E-state index contributed by atoms with van der Waals surface area (Å²) in [5.41, 5.74) is 2.18. The number of hydrogen-bond donors (Lipinski definition) is 2. The summed E-state index contributed by atoms with van der Waals surface area (Å²) in [6.07, 6.45) is 1.91. The first-order valence-corrected chi connectivity index (χ1v) is 5.62. The van der Waals surface area contributed by atoms with Gasteiger partial charge in [0.2, 0.25) is 5.88 Å². The lowest BCUT2D eigenvalue weighted by Gasteiger charge is -2.10. The van der Waals surface area contributed by atoms with Gasteiger partial charge in [-0.15, -0.1) is 0 Å². The van der Waals surface area contributed by atoms with Gasteiger partial charge in [0.25, 0.3) is 5.56 Å². The average Bonchev–Trinajstić information content (AvgIpc) is 2.71. The maximum atomic E-state index is 11.3. The lowest BCUT2D eigenvalue weighted by molar-refractivity contribution is 0.445. The summed E-state index contributed by atoms with van der Waals surface area (Å²) < 4.78 is 0. The molecule has 2 aromatic rings. The number of aromatic hydroxyl groups is 1. The number of H-pyrrole nitrogens is 1. The topological polar surface area (TPSA) is 66.0 Å². The van der Waals surface area contributed by atoms with E-state index in [1.165, 1.54) is 11.1 Å². The van der Waals surface area contributed by atoms with Gasteiger partial charge in [-0.05, 0) is 24.0 Å². The van der Waals surface area contributed by atoms with Crippen LogP contribution in [0.2, 0.25) is 0 Å². The number of aromatic nitrogens is 2. The molecule has 1 heterocycles. The minimum atomic E-state index is -0.308. The molecule has 1 aromatic carbocycles. The van der Waals surface area contributed by atoms with E-state index in [4.69, 9.17) is 0 Å². The predicted molar refractivity (Wildman–Crippen MR) is 63.1 cm³/mol. The Morgan fingerprint density at radius 1 is 1.35 bits per heavy atom. The van der Waals surface area contributed by atoms with Gasteiger partial charge in [0, 0.05) is 5.92 Å². The summed E-state index contributed by atoms with van der Waals surface area (Å²) >= 11 is 0. The second-order valence-electron chi connectivity index (χ2n) is 4.28. The van der Waals surface area contributed by atoms with Crippen molar-refractivity contribution < 1.29 is 5.11 Å². The molecule has 0 aliphatic heterocycles. The highest BCUT2D eigenvalue weighted by atomic mass is 16.3. The van der Waals surface area contributed by atoms with E-state index in [0.717, 1.165) is 18.9 Å². The molecule has 17 heavy (non-hydrogen) atoms. The first-order chi connectivity index (χ1) is 8.24. The molecule has 0 fully saturated rings. The fraction of sp³-hybridized carbons (Fsp3) is 0.231. The number of nitrogens with zero attached hydrogens (tertiary/aromatic N) is 1. The van der Waals surface area contributed by atoms with Crippen LogP contribution in [0.1, 0.15) is 29.3 Å². The molecule has 1 unspecified atom stereocenters. The highest BCUT2D eigenvalue weighted by Crippen LogP contribution is 2.36. The van der Waals surface area contributed by atoms with Crippen molar-refractivity contribution in [3.05, 3.63) is 57.6 Å². The van der Waals surface area contributed by atoms with Crippen LogP contribution in [0.4, 0.5) is 0 Å². The zero-order valence-electron chi connectivity index (χ0n) is 9.18. The van der Waals surface area contributed by atoms with Gasteiger partial charge in [-0.25, -0.2) is 0 Å². The van der Waals surface area contributed by atoms with Crippen molar-refractivity contribution in [2.75, 3.05) is 0 Å². The number of hydrogen-bond acceptors (Lipinski definition) is 3. The van der Waals surface area contributed by atoms with E-state index in [1.54, 1.807) is 0 Å². The molecule has 0 bridgehead atoms. The Balaban J connectivity index is 2.10. The minimum Gasteiger partial charge on any atom is -0.493 e. The van der Waals surface area contributed by atoms with Crippen LogP contribution in [0.15, 0.2) is 35.1 Å². The Bertz CT molecular complexity index is 619. The summed E-state index contributed by atoms with van der Waals surface area (Å²) in [7, 11) is 0. The van der Waals surface area contributed by atoms with Crippen molar-refractivity contribution in [2.45, 2.75) is 18.8 Å². The molecular formula is C13H12N2O2. The molecular weight excluding hydrogens is 216 g/mol. The standard InChI is InChI=1S/C13H12N2O2/c16-11-7-12(17)15-13(14-11)10-6-5-8-3-1-2-4-9(8)10/h1-4,7,10H,5-6H2,(H2,14,15,16,17). The van der Waals surface area contributed by atoms with Crippen LogP contribution in [0.3, 0.4) is 0 Å². The quantitative estimate of drug-likeness (QED) is 0.778. The number of nitrogens with one attached hydrogen (secondary N) is 1. The van der Waals surface area contributed by atoms with Crippen LogP contribution in [0, 0.1) is 0 Å². The molecule has 1 aromatic heterocycles. The summed E-state index contributed by atoms with van der Waals surface area (Å²) in [6.45, 7) is 0. The third-order valence-corrected chi connectivity index (χ3v) is 3.21. The van der Waals surface area contributed by atoms with Gasteiger partial charge in [0.15, 0.2) is 0 Å². The number of fused-ring (bicyclic) bond motifs is 1. The van der Waals surface area contributed by atoms with Crippen molar-refractivity contribution in [1.29, 1.82) is 0 Å². The molecule has 1 aliphatic rings. The van der Waals surface area contributed by atoms with Gasteiger partial charge in [0.05, 0.1) is 6.07 Å². The molecule has 86 valence electrons. The van der Waals surface area contributed by atoms with Gasteiger partial charge >= 0.3 is 0 Å². The second-order valence-corrected chi connectivity index (χ2v) is 4.28. The van der Waals surface area contributed by atoms with Crippen LogP contribution in [0.25, 0.3) is 0 Å². The van der Waals surface area contributed by atoms with Gasteiger partial charge in [0.1, 0.15) is 5.82 Å². The van der Waals surface area contributed by atoms with E-state index in [0.29, 0.717) is 5.82 Å². The number of aromatic amines is 1. The Morgan fingerprint density at radius 3 is 3.00 bits per heavy atom.